The second-order valence-electron chi connectivity index (χ2n) is 5.14. The van der Waals surface area contributed by atoms with E-state index in [2.05, 4.69) is 21.6 Å². The van der Waals surface area contributed by atoms with E-state index in [9.17, 15) is 5.26 Å². The van der Waals surface area contributed by atoms with Crippen LogP contribution in [0.25, 0.3) is 10.9 Å². The standard InChI is InChI=1S/C18H16N4O/c1-3-23-14-7-5-13(6-8-14)20-18-15-10-12(2)4-9-16(15)21-22-17(18)11-19/h4-10H,3H2,1-2H3,(H,20,21). The third kappa shape index (κ3) is 3.06. The number of anilines is 2. The Hall–Kier alpha value is -3.13. The lowest BCUT2D eigenvalue weighted by Crippen LogP contribution is -2.00. The van der Waals surface area contributed by atoms with Crippen LogP contribution in [0.1, 0.15) is 18.2 Å². The van der Waals surface area contributed by atoms with Gasteiger partial charge in [-0.3, -0.25) is 0 Å². The Bertz CT molecular complexity index is 882. The first-order chi connectivity index (χ1) is 11.2. The molecule has 5 nitrogen and oxygen atoms in total. The van der Waals surface area contributed by atoms with E-state index in [0.29, 0.717) is 12.3 Å². The molecular formula is C18H16N4O. The van der Waals surface area contributed by atoms with E-state index in [4.69, 9.17) is 4.74 Å². The number of aryl methyl sites for hydroxylation is 1. The number of rotatable bonds is 4. The molecule has 0 bridgehead atoms. The van der Waals surface area contributed by atoms with Gasteiger partial charge in [0.1, 0.15) is 11.8 Å². The zero-order valence-corrected chi connectivity index (χ0v) is 13.0. The summed E-state index contributed by atoms with van der Waals surface area (Å²) in [6.45, 7) is 4.58. The van der Waals surface area contributed by atoms with Crippen LogP contribution in [0.4, 0.5) is 11.4 Å². The average Bonchev–Trinajstić information content (AvgIpc) is 2.57. The van der Waals surface area contributed by atoms with Gasteiger partial charge < -0.3 is 10.1 Å². The van der Waals surface area contributed by atoms with Crippen LogP contribution in [-0.2, 0) is 0 Å². The Morgan fingerprint density at radius 2 is 1.91 bits per heavy atom. The molecule has 0 atom stereocenters. The van der Waals surface area contributed by atoms with Gasteiger partial charge in [0.25, 0.3) is 0 Å². The quantitative estimate of drug-likeness (QED) is 0.790. The van der Waals surface area contributed by atoms with E-state index in [1.807, 2.05) is 56.3 Å². The molecule has 0 saturated heterocycles. The highest BCUT2D eigenvalue weighted by Crippen LogP contribution is 2.29. The van der Waals surface area contributed by atoms with Gasteiger partial charge in [-0.15, -0.1) is 10.2 Å². The van der Waals surface area contributed by atoms with Crippen molar-refractivity contribution in [2.24, 2.45) is 0 Å². The monoisotopic (exact) mass is 304 g/mol. The SMILES string of the molecule is CCOc1ccc(Nc2c(C#N)nnc3ccc(C)cc23)cc1. The van der Waals surface area contributed by atoms with Gasteiger partial charge in [0, 0.05) is 11.1 Å². The molecule has 0 amide bonds. The van der Waals surface area contributed by atoms with Crippen LogP contribution >= 0.6 is 0 Å². The third-order valence-corrected chi connectivity index (χ3v) is 3.46. The largest absolute Gasteiger partial charge is 0.494 e. The van der Waals surface area contributed by atoms with Gasteiger partial charge in [-0.1, -0.05) is 11.6 Å². The summed E-state index contributed by atoms with van der Waals surface area (Å²) in [4.78, 5) is 0. The molecule has 3 rings (SSSR count). The normalized spacial score (nSPS) is 10.3. The first-order valence-electron chi connectivity index (χ1n) is 7.38. The maximum atomic E-state index is 9.33. The lowest BCUT2D eigenvalue weighted by molar-refractivity contribution is 0.340. The van der Waals surface area contributed by atoms with Crippen molar-refractivity contribution in [3.05, 3.63) is 53.7 Å². The number of hydrogen-bond donors (Lipinski definition) is 1. The Morgan fingerprint density at radius 1 is 1.13 bits per heavy atom. The summed E-state index contributed by atoms with van der Waals surface area (Å²) >= 11 is 0. The van der Waals surface area contributed by atoms with Crippen molar-refractivity contribution in [3.63, 3.8) is 0 Å². The van der Waals surface area contributed by atoms with Crippen molar-refractivity contribution in [1.29, 1.82) is 5.26 Å². The number of fused-ring (bicyclic) bond motifs is 1. The Balaban J connectivity index is 2.04. The summed E-state index contributed by atoms with van der Waals surface area (Å²) in [6.07, 6.45) is 0. The first-order valence-corrected chi connectivity index (χ1v) is 7.38. The van der Waals surface area contributed by atoms with E-state index in [1.165, 1.54) is 0 Å². The van der Waals surface area contributed by atoms with Gasteiger partial charge in [-0.05, 0) is 50.2 Å². The lowest BCUT2D eigenvalue weighted by Gasteiger charge is -2.11. The molecule has 0 spiro atoms. The van der Waals surface area contributed by atoms with Crippen LogP contribution in [0.5, 0.6) is 5.75 Å². The van der Waals surface area contributed by atoms with E-state index in [-0.39, 0.29) is 5.69 Å². The molecule has 2 aromatic carbocycles. The fourth-order valence-electron chi connectivity index (χ4n) is 2.37. The summed E-state index contributed by atoms with van der Waals surface area (Å²) < 4.78 is 5.44. The van der Waals surface area contributed by atoms with Crippen LogP contribution in [0.15, 0.2) is 42.5 Å². The Morgan fingerprint density at radius 3 is 2.61 bits per heavy atom. The van der Waals surface area contributed by atoms with E-state index in [1.54, 1.807) is 0 Å². The zero-order valence-electron chi connectivity index (χ0n) is 13.0. The molecule has 5 heteroatoms. The average molecular weight is 304 g/mol. The van der Waals surface area contributed by atoms with Gasteiger partial charge in [0.2, 0.25) is 0 Å². The molecule has 3 aromatic rings. The predicted octanol–water partition coefficient (Wildman–Crippen LogP) is 3.95. The molecule has 1 heterocycles. The molecule has 0 aliphatic carbocycles. The molecule has 23 heavy (non-hydrogen) atoms. The van der Waals surface area contributed by atoms with E-state index < -0.39 is 0 Å². The van der Waals surface area contributed by atoms with Gasteiger partial charge in [0.15, 0.2) is 5.69 Å². The van der Waals surface area contributed by atoms with Crippen LogP contribution in [0.3, 0.4) is 0 Å². The Kier molecular flexibility index (Phi) is 4.07. The minimum absolute atomic E-state index is 0.275. The summed E-state index contributed by atoms with van der Waals surface area (Å²) in [5.74, 6) is 0.812. The molecular weight excluding hydrogens is 288 g/mol. The van der Waals surface area contributed by atoms with Crippen molar-refractivity contribution in [2.45, 2.75) is 13.8 Å². The highest BCUT2D eigenvalue weighted by Gasteiger charge is 2.11. The van der Waals surface area contributed by atoms with Crippen molar-refractivity contribution < 1.29 is 4.74 Å². The number of nitrogens with one attached hydrogen (secondary N) is 1. The summed E-state index contributed by atoms with van der Waals surface area (Å²) in [5.41, 5.74) is 3.66. The number of ether oxygens (including phenoxy) is 1. The summed E-state index contributed by atoms with van der Waals surface area (Å²) in [5, 5.41) is 21.6. The van der Waals surface area contributed by atoms with Gasteiger partial charge in [-0.2, -0.15) is 5.26 Å². The topological polar surface area (TPSA) is 70.8 Å². The second-order valence-corrected chi connectivity index (χ2v) is 5.14. The van der Waals surface area contributed by atoms with Crippen LogP contribution in [0.2, 0.25) is 0 Å². The van der Waals surface area contributed by atoms with Gasteiger partial charge in [-0.25, -0.2) is 0 Å². The fraction of sp³-hybridized carbons (Fsp3) is 0.167. The first kappa shape index (κ1) is 14.8. The molecule has 0 aliphatic rings. The maximum Gasteiger partial charge on any atom is 0.187 e. The smallest absolute Gasteiger partial charge is 0.187 e. The minimum Gasteiger partial charge on any atom is -0.494 e. The van der Waals surface area contributed by atoms with Crippen LogP contribution in [0, 0.1) is 18.3 Å². The van der Waals surface area contributed by atoms with Gasteiger partial charge in [0.05, 0.1) is 17.8 Å². The zero-order chi connectivity index (χ0) is 16.2. The van der Waals surface area contributed by atoms with Crippen molar-refractivity contribution >= 4 is 22.3 Å². The number of hydrogen-bond acceptors (Lipinski definition) is 5. The maximum absolute atomic E-state index is 9.33. The number of benzene rings is 2. The Labute approximate surface area is 134 Å². The van der Waals surface area contributed by atoms with Crippen molar-refractivity contribution in [1.82, 2.24) is 10.2 Å². The van der Waals surface area contributed by atoms with Crippen molar-refractivity contribution in [2.75, 3.05) is 11.9 Å². The third-order valence-electron chi connectivity index (χ3n) is 3.46. The number of nitriles is 1. The van der Waals surface area contributed by atoms with E-state index in [0.717, 1.165) is 27.9 Å². The highest BCUT2D eigenvalue weighted by molar-refractivity contribution is 5.95. The van der Waals surface area contributed by atoms with Gasteiger partial charge >= 0.3 is 0 Å². The van der Waals surface area contributed by atoms with E-state index >= 15 is 0 Å². The summed E-state index contributed by atoms with van der Waals surface area (Å²) in [6, 6.07) is 15.6. The molecule has 0 aliphatic heterocycles. The molecule has 0 saturated carbocycles. The number of nitrogens with zero attached hydrogens (tertiary/aromatic N) is 3. The molecule has 1 aromatic heterocycles. The lowest BCUT2D eigenvalue weighted by atomic mass is 10.1. The molecule has 114 valence electrons. The molecule has 0 fully saturated rings. The van der Waals surface area contributed by atoms with Crippen LogP contribution < -0.4 is 10.1 Å². The molecule has 1 N–H and O–H groups in total. The summed E-state index contributed by atoms with van der Waals surface area (Å²) in [7, 11) is 0. The number of aromatic nitrogens is 2. The van der Waals surface area contributed by atoms with Crippen LogP contribution in [-0.4, -0.2) is 16.8 Å². The molecule has 0 radical (unpaired) electrons. The fourth-order valence-corrected chi connectivity index (χ4v) is 2.37. The minimum atomic E-state index is 0.275. The second kappa shape index (κ2) is 6.32. The van der Waals surface area contributed by atoms with Crippen molar-refractivity contribution in [3.8, 4) is 11.8 Å². The highest BCUT2D eigenvalue weighted by atomic mass is 16.5. The molecule has 0 unspecified atom stereocenters. The predicted molar refractivity (Wildman–Crippen MR) is 89.9 cm³/mol.